The minimum absolute atomic E-state index is 0.236. The fourth-order valence-corrected chi connectivity index (χ4v) is 6.86. The van der Waals surface area contributed by atoms with Crippen LogP contribution in [0.5, 0.6) is 0 Å². The third-order valence-corrected chi connectivity index (χ3v) is 9.13. The van der Waals surface area contributed by atoms with E-state index in [0.29, 0.717) is 11.4 Å². The molecule has 0 fully saturated rings. The zero-order valence-corrected chi connectivity index (χ0v) is 22.3. The number of nitrogens with zero attached hydrogens (tertiary/aromatic N) is 2. The van der Waals surface area contributed by atoms with Crippen molar-refractivity contribution in [2.45, 2.75) is 9.79 Å². The molecule has 3 aromatic heterocycles. The molecule has 0 bridgehead atoms. The maximum absolute atomic E-state index is 13.2. The van der Waals surface area contributed by atoms with Crippen LogP contribution in [0.3, 0.4) is 0 Å². The lowest BCUT2D eigenvalue weighted by Gasteiger charge is -2.09. The molecule has 4 aromatic carbocycles. The number of hydrogen-bond donors (Lipinski definition) is 0. The Morgan fingerprint density at radius 1 is 0.600 bits per heavy atom. The van der Waals surface area contributed by atoms with E-state index in [1.807, 2.05) is 77.4 Å². The van der Waals surface area contributed by atoms with Gasteiger partial charge in [-0.15, -0.1) is 0 Å². The van der Waals surface area contributed by atoms with E-state index < -0.39 is 9.84 Å². The van der Waals surface area contributed by atoms with Gasteiger partial charge in [0.05, 0.1) is 31.8 Å². The molecule has 5 nitrogen and oxygen atoms in total. The van der Waals surface area contributed by atoms with Crippen LogP contribution in [0.25, 0.3) is 56.6 Å². The highest BCUT2D eigenvalue weighted by Gasteiger charge is 2.26. The second kappa shape index (κ2) is 9.00. The van der Waals surface area contributed by atoms with Gasteiger partial charge in [-0.2, -0.15) is 0 Å². The van der Waals surface area contributed by atoms with Crippen molar-refractivity contribution in [1.29, 1.82) is 0 Å². The molecule has 0 saturated heterocycles. The van der Waals surface area contributed by atoms with Crippen molar-refractivity contribution in [3.05, 3.63) is 134 Å². The summed E-state index contributed by atoms with van der Waals surface area (Å²) in [6.07, 6.45) is 3.68. The van der Waals surface area contributed by atoms with E-state index in [1.54, 1.807) is 42.5 Å². The van der Waals surface area contributed by atoms with Crippen LogP contribution < -0.4 is 0 Å². The first-order chi connectivity index (χ1) is 19.5. The molecule has 6 heteroatoms. The normalized spacial score (nSPS) is 11.9. The van der Waals surface area contributed by atoms with E-state index in [-0.39, 0.29) is 9.79 Å². The minimum Gasteiger partial charge on any atom is -0.422 e. The molecular weight excluding hydrogens is 516 g/mol. The summed E-state index contributed by atoms with van der Waals surface area (Å²) in [5, 5.41) is 2.96. The molecule has 0 unspecified atom stereocenters. The Balaban J connectivity index is 1.51. The Morgan fingerprint density at radius 2 is 1.18 bits per heavy atom. The zero-order valence-electron chi connectivity index (χ0n) is 21.5. The molecule has 40 heavy (non-hydrogen) atoms. The minimum atomic E-state index is -3.63. The smallest absolute Gasteiger partial charge is 0.215 e. The van der Waals surface area contributed by atoms with E-state index in [0.717, 1.165) is 44.3 Å². The molecule has 0 saturated carbocycles. The van der Waals surface area contributed by atoms with Crippen molar-refractivity contribution in [2.75, 3.05) is 0 Å². The average Bonchev–Trinajstić information content (AvgIpc) is 3.63. The number of sulfone groups is 1. The SMILES string of the molecule is C=Cc1c(C=C)n(-c2ccccc2)c2oc3c(c4ccccc4n3-c3ccc(S(=O)(=O)c4ccccc4)cc3)c12. The fourth-order valence-electron chi connectivity index (χ4n) is 5.58. The number of aromatic nitrogens is 2. The second-order valence-electron chi connectivity index (χ2n) is 9.50. The van der Waals surface area contributed by atoms with Gasteiger partial charge in [0, 0.05) is 22.3 Å². The molecule has 7 rings (SSSR count). The highest BCUT2D eigenvalue weighted by Crippen LogP contribution is 2.44. The van der Waals surface area contributed by atoms with E-state index in [2.05, 4.69) is 23.8 Å². The third kappa shape index (κ3) is 3.36. The first-order valence-electron chi connectivity index (χ1n) is 12.9. The molecule has 0 amide bonds. The van der Waals surface area contributed by atoms with Gasteiger partial charge in [-0.25, -0.2) is 8.42 Å². The lowest BCUT2D eigenvalue weighted by Crippen LogP contribution is -2.02. The molecule has 0 aliphatic carbocycles. The van der Waals surface area contributed by atoms with Gasteiger partial charge < -0.3 is 4.42 Å². The summed E-state index contributed by atoms with van der Waals surface area (Å²) < 4.78 is 37.2. The topological polar surface area (TPSA) is 57.1 Å². The average molecular weight is 541 g/mol. The predicted octanol–water partition coefficient (Wildman–Crippen LogP) is 8.44. The maximum Gasteiger partial charge on any atom is 0.215 e. The fraction of sp³-hybridized carbons (Fsp3) is 0. The molecule has 0 spiro atoms. The second-order valence-corrected chi connectivity index (χ2v) is 11.5. The Kier molecular flexibility index (Phi) is 5.40. The first kappa shape index (κ1) is 24.0. The van der Waals surface area contributed by atoms with Gasteiger partial charge in [0.15, 0.2) is 0 Å². The van der Waals surface area contributed by atoms with E-state index in [9.17, 15) is 8.42 Å². The van der Waals surface area contributed by atoms with Crippen LogP contribution in [-0.4, -0.2) is 17.6 Å². The Labute approximate surface area is 231 Å². The predicted molar refractivity (Wildman–Crippen MR) is 162 cm³/mol. The van der Waals surface area contributed by atoms with Crippen LogP contribution in [0.15, 0.2) is 137 Å². The largest absolute Gasteiger partial charge is 0.422 e. The molecule has 0 N–H and O–H groups in total. The van der Waals surface area contributed by atoms with Crippen LogP contribution in [0.2, 0.25) is 0 Å². The molecule has 7 aromatic rings. The standard InChI is InChI=1S/C34H24N2O3S/c1-3-27-29(4-2)35(23-13-7-5-8-14-23)33-31(27)32-28-17-11-12-18-30(28)36(34(32)39-33)24-19-21-26(22-20-24)40(37,38)25-15-9-6-10-16-25/h3-22H,1-2H2. The highest BCUT2D eigenvalue weighted by atomic mass is 32.2. The van der Waals surface area contributed by atoms with Crippen molar-refractivity contribution in [3.63, 3.8) is 0 Å². The van der Waals surface area contributed by atoms with Crippen LogP contribution >= 0.6 is 0 Å². The van der Waals surface area contributed by atoms with Crippen molar-refractivity contribution in [1.82, 2.24) is 9.13 Å². The Bertz CT molecular complexity index is 2180. The van der Waals surface area contributed by atoms with Crippen molar-refractivity contribution < 1.29 is 12.8 Å². The monoisotopic (exact) mass is 540 g/mol. The van der Waals surface area contributed by atoms with Gasteiger partial charge in [-0.3, -0.25) is 9.13 Å². The maximum atomic E-state index is 13.2. The van der Waals surface area contributed by atoms with Gasteiger partial charge in [0.25, 0.3) is 0 Å². The van der Waals surface area contributed by atoms with Gasteiger partial charge in [0.2, 0.25) is 21.3 Å². The Morgan fingerprint density at radius 3 is 1.85 bits per heavy atom. The molecule has 0 radical (unpaired) electrons. The van der Waals surface area contributed by atoms with Gasteiger partial charge in [-0.1, -0.05) is 73.8 Å². The molecule has 3 heterocycles. The number of rotatable bonds is 6. The summed E-state index contributed by atoms with van der Waals surface area (Å²) in [5.74, 6) is 0. The van der Waals surface area contributed by atoms with Crippen LogP contribution in [-0.2, 0) is 9.84 Å². The van der Waals surface area contributed by atoms with Crippen molar-refractivity contribution >= 4 is 55.1 Å². The molecule has 0 aliphatic heterocycles. The quantitative estimate of drug-likeness (QED) is 0.213. The van der Waals surface area contributed by atoms with Gasteiger partial charge in [-0.05, 0) is 60.7 Å². The van der Waals surface area contributed by atoms with Crippen molar-refractivity contribution in [2.24, 2.45) is 0 Å². The lowest BCUT2D eigenvalue weighted by molar-refractivity contribution is 0.596. The summed E-state index contributed by atoms with van der Waals surface area (Å²) >= 11 is 0. The highest BCUT2D eigenvalue weighted by molar-refractivity contribution is 7.91. The summed E-state index contributed by atoms with van der Waals surface area (Å²) in [6.45, 7) is 8.20. The van der Waals surface area contributed by atoms with E-state index in [1.165, 1.54) is 0 Å². The third-order valence-electron chi connectivity index (χ3n) is 7.35. The number of hydrogen-bond acceptors (Lipinski definition) is 3. The van der Waals surface area contributed by atoms with E-state index >= 15 is 0 Å². The van der Waals surface area contributed by atoms with Crippen LogP contribution in [0.1, 0.15) is 11.3 Å². The van der Waals surface area contributed by atoms with Gasteiger partial charge >= 0.3 is 0 Å². The number of fused-ring (bicyclic) bond motifs is 5. The summed E-state index contributed by atoms with van der Waals surface area (Å²) in [5.41, 5.74) is 5.93. The molecular formula is C34H24N2O3S. The first-order valence-corrected chi connectivity index (χ1v) is 14.3. The summed E-state index contributed by atoms with van der Waals surface area (Å²) in [4.78, 5) is 0.502. The van der Waals surface area contributed by atoms with Crippen LogP contribution in [0, 0.1) is 0 Å². The van der Waals surface area contributed by atoms with Crippen molar-refractivity contribution in [3.8, 4) is 11.4 Å². The van der Waals surface area contributed by atoms with Gasteiger partial charge in [0.1, 0.15) is 0 Å². The molecule has 0 aliphatic rings. The van der Waals surface area contributed by atoms with E-state index in [4.69, 9.17) is 4.42 Å². The lowest BCUT2D eigenvalue weighted by atomic mass is 10.1. The number of benzene rings is 4. The zero-order chi connectivity index (χ0) is 27.4. The molecule has 0 atom stereocenters. The molecule has 194 valence electrons. The number of para-hydroxylation sites is 2. The Hall–Kier alpha value is -5.07. The van der Waals surface area contributed by atoms with Crippen LogP contribution in [0.4, 0.5) is 0 Å². The summed E-state index contributed by atoms with van der Waals surface area (Å²) in [6, 6.07) is 33.6. The number of furan rings is 1. The summed E-state index contributed by atoms with van der Waals surface area (Å²) in [7, 11) is -3.63.